The Morgan fingerprint density at radius 2 is 2.35 bits per heavy atom. The average molecular weight is 230 g/mol. The molecule has 4 heteroatoms. The molecular formula is C13H18N4. The molecule has 2 aromatic heterocycles. The van der Waals surface area contributed by atoms with Crippen LogP contribution in [0.1, 0.15) is 12.6 Å². The predicted octanol–water partition coefficient (Wildman–Crippen LogP) is 1.36. The normalized spacial score (nSPS) is 22.1. The number of aromatic nitrogens is 2. The summed E-state index contributed by atoms with van der Waals surface area (Å²) in [5.74, 6) is 0. The van der Waals surface area contributed by atoms with Crippen LogP contribution >= 0.6 is 0 Å². The van der Waals surface area contributed by atoms with Crippen LogP contribution in [0.2, 0.25) is 0 Å². The van der Waals surface area contributed by atoms with Gasteiger partial charge in [0.2, 0.25) is 0 Å². The molecule has 3 rings (SSSR count). The van der Waals surface area contributed by atoms with Crippen molar-refractivity contribution in [2.75, 3.05) is 19.6 Å². The summed E-state index contributed by atoms with van der Waals surface area (Å²) in [6.45, 7) is 6.46. The Balaban J connectivity index is 1.79. The van der Waals surface area contributed by atoms with Crippen LogP contribution in [0.4, 0.5) is 0 Å². The molecule has 1 unspecified atom stereocenters. The van der Waals surface area contributed by atoms with E-state index in [2.05, 4.69) is 45.3 Å². The third-order valence-corrected chi connectivity index (χ3v) is 3.47. The largest absolute Gasteiger partial charge is 0.346 e. The maximum absolute atomic E-state index is 4.65. The second-order valence-electron chi connectivity index (χ2n) is 4.74. The molecule has 0 amide bonds. The monoisotopic (exact) mass is 230 g/mol. The third kappa shape index (κ3) is 2.18. The van der Waals surface area contributed by atoms with Crippen molar-refractivity contribution in [3.63, 3.8) is 0 Å². The van der Waals surface area contributed by atoms with Gasteiger partial charge in [-0.1, -0.05) is 0 Å². The maximum atomic E-state index is 4.65. The fraction of sp³-hybridized carbons (Fsp3) is 0.462. The zero-order valence-electron chi connectivity index (χ0n) is 10.1. The van der Waals surface area contributed by atoms with Crippen molar-refractivity contribution in [3.8, 4) is 0 Å². The number of hydrogen-bond donors (Lipinski definition) is 2. The lowest BCUT2D eigenvalue weighted by Gasteiger charge is -2.33. The molecule has 3 heterocycles. The smallest absolute Gasteiger partial charge is 0.137 e. The Kier molecular flexibility index (Phi) is 2.82. The van der Waals surface area contributed by atoms with Crippen molar-refractivity contribution < 1.29 is 0 Å². The van der Waals surface area contributed by atoms with Gasteiger partial charge in [-0.2, -0.15) is 0 Å². The zero-order valence-corrected chi connectivity index (χ0v) is 10.1. The van der Waals surface area contributed by atoms with E-state index in [1.165, 1.54) is 5.39 Å². The van der Waals surface area contributed by atoms with Crippen molar-refractivity contribution in [1.29, 1.82) is 0 Å². The van der Waals surface area contributed by atoms with Crippen molar-refractivity contribution in [1.82, 2.24) is 20.2 Å². The minimum absolute atomic E-state index is 0.588. The van der Waals surface area contributed by atoms with E-state index < -0.39 is 0 Å². The first-order chi connectivity index (χ1) is 8.33. The fourth-order valence-electron chi connectivity index (χ4n) is 2.38. The Morgan fingerprint density at radius 3 is 3.24 bits per heavy atom. The number of aromatic amines is 1. The molecule has 1 saturated heterocycles. The van der Waals surface area contributed by atoms with Crippen LogP contribution in [0.5, 0.6) is 0 Å². The van der Waals surface area contributed by atoms with E-state index in [1.807, 2.05) is 6.20 Å². The molecule has 2 N–H and O–H groups in total. The second-order valence-corrected chi connectivity index (χ2v) is 4.74. The fourth-order valence-corrected chi connectivity index (χ4v) is 2.38. The Bertz CT molecular complexity index is 505. The number of fused-ring (bicyclic) bond motifs is 1. The summed E-state index contributed by atoms with van der Waals surface area (Å²) in [5.41, 5.74) is 2.14. The van der Waals surface area contributed by atoms with Gasteiger partial charge in [0.25, 0.3) is 0 Å². The number of H-pyrrole nitrogens is 1. The number of piperazine rings is 1. The van der Waals surface area contributed by atoms with Gasteiger partial charge < -0.3 is 10.3 Å². The highest BCUT2D eigenvalue weighted by atomic mass is 15.2. The van der Waals surface area contributed by atoms with Crippen LogP contribution in [-0.4, -0.2) is 40.5 Å². The highest BCUT2D eigenvalue weighted by Crippen LogP contribution is 2.13. The van der Waals surface area contributed by atoms with Gasteiger partial charge in [-0.15, -0.1) is 0 Å². The molecule has 4 nitrogen and oxygen atoms in total. The molecule has 90 valence electrons. The Labute approximate surface area is 101 Å². The van der Waals surface area contributed by atoms with Crippen LogP contribution in [0.25, 0.3) is 11.0 Å². The molecule has 17 heavy (non-hydrogen) atoms. The summed E-state index contributed by atoms with van der Waals surface area (Å²) in [7, 11) is 0. The number of nitrogens with zero attached hydrogens (tertiary/aromatic N) is 2. The summed E-state index contributed by atoms with van der Waals surface area (Å²) in [6.07, 6.45) is 1.94. The van der Waals surface area contributed by atoms with Crippen molar-refractivity contribution in [2.24, 2.45) is 0 Å². The first-order valence-corrected chi connectivity index (χ1v) is 6.21. The highest BCUT2D eigenvalue weighted by Gasteiger charge is 2.18. The molecule has 0 bridgehead atoms. The van der Waals surface area contributed by atoms with Gasteiger partial charge in [-0.3, -0.25) is 4.90 Å². The molecule has 1 fully saturated rings. The average Bonchev–Trinajstić information content (AvgIpc) is 2.79. The molecule has 0 radical (unpaired) electrons. The van der Waals surface area contributed by atoms with Gasteiger partial charge in [0.15, 0.2) is 0 Å². The summed E-state index contributed by atoms with van der Waals surface area (Å²) < 4.78 is 0. The predicted molar refractivity (Wildman–Crippen MR) is 68.8 cm³/mol. The summed E-state index contributed by atoms with van der Waals surface area (Å²) in [5, 5.41) is 4.59. The van der Waals surface area contributed by atoms with E-state index in [4.69, 9.17) is 0 Å². The second kappa shape index (κ2) is 4.47. The minimum Gasteiger partial charge on any atom is -0.346 e. The number of nitrogens with one attached hydrogen (secondary N) is 2. The topological polar surface area (TPSA) is 44.0 Å². The summed E-state index contributed by atoms with van der Waals surface area (Å²) in [6, 6.07) is 6.91. The number of pyridine rings is 1. The van der Waals surface area contributed by atoms with Gasteiger partial charge in [-0.25, -0.2) is 4.98 Å². The van der Waals surface area contributed by atoms with Crippen LogP contribution in [0.15, 0.2) is 24.4 Å². The summed E-state index contributed by atoms with van der Waals surface area (Å²) >= 11 is 0. The van der Waals surface area contributed by atoms with Crippen LogP contribution in [-0.2, 0) is 6.54 Å². The number of rotatable bonds is 2. The molecule has 0 aliphatic carbocycles. The van der Waals surface area contributed by atoms with Gasteiger partial charge >= 0.3 is 0 Å². The van der Waals surface area contributed by atoms with E-state index >= 15 is 0 Å². The van der Waals surface area contributed by atoms with Crippen molar-refractivity contribution in [3.05, 3.63) is 30.1 Å². The van der Waals surface area contributed by atoms with E-state index in [9.17, 15) is 0 Å². The van der Waals surface area contributed by atoms with Crippen LogP contribution in [0, 0.1) is 0 Å². The first kappa shape index (κ1) is 10.7. The molecular weight excluding hydrogens is 212 g/mol. The number of hydrogen-bond acceptors (Lipinski definition) is 3. The lowest BCUT2D eigenvalue weighted by atomic mass is 10.2. The van der Waals surface area contributed by atoms with Gasteiger partial charge in [0.1, 0.15) is 5.65 Å². The molecule has 1 atom stereocenters. The van der Waals surface area contributed by atoms with E-state index in [0.29, 0.717) is 6.04 Å². The first-order valence-electron chi connectivity index (χ1n) is 6.21. The van der Waals surface area contributed by atoms with E-state index in [1.54, 1.807) is 0 Å². The molecule has 0 spiro atoms. The van der Waals surface area contributed by atoms with E-state index in [-0.39, 0.29) is 0 Å². The molecule has 0 saturated carbocycles. The van der Waals surface area contributed by atoms with Gasteiger partial charge in [0.05, 0.1) is 5.69 Å². The zero-order chi connectivity index (χ0) is 11.7. The van der Waals surface area contributed by atoms with E-state index in [0.717, 1.165) is 37.5 Å². The Hall–Kier alpha value is -1.39. The van der Waals surface area contributed by atoms with Gasteiger partial charge in [0, 0.05) is 43.8 Å². The minimum atomic E-state index is 0.588. The highest BCUT2D eigenvalue weighted by molar-refractivity contribution is 5.75. The van der Waals surface area contributed by atoms with Crippen molar-refractivity contribution in [2.45, 2.75) is 19.5 Å². The lowest BCUT2D eigenvalue weighted by molar-refractivity contribution is 0.164. The quantitative estimate of drug-likeness (QED) is 0.818. The summed E-state index contributed by atoms with van der Waals surface area (Å²) in [4.78, 5) is 10.3. The van der Waals surface area contributed by atoms with Crippen LogP contribution < -0.4 is 5.32 Å². The molecule has 0 aromatic carbocycles. The molecule has 1 aliphatic heterocycles. The molecule has 1 aliphatic rings. The maximum Gasteiger partial charge on any atom is 0.137 e. The lowest BCUT2D eigenvalue weighted by Crippen LogP contribution is -2.49. The third-order valence-electron chi connectivity index (χ3n) is 3.47. The Morgan fingerprint density at radius 1 is 1.41 bits per heavy atom. The SMILES string of the molecule is CC1CNCCN1Cc1ccc2cc[nH]c2n1. The van der Waals surface area contributed by atoms with Gasteiger partial charge in [-0.05, 0) is 25.1 Å². The van der Waals surface area contributed by atoms with Crippen molar-refractivity contribution >= 4 is 11.0 Å². The standard InChI is InChI=1S/C13H18N4/c1-10-8-14-6-7-17(10)9-12-3-2-11-4-5-15-13(11)16-12/h2-5,10,14H,6-9H2,1H3,(H,15,16). The van der Waals surface area contributed by atoms with Crippen LogP contribution in [0.3, 0.4) is 0 Å². The molecule has 2 aromatic rings.